The molecule has 0 unspecified atom stereocenters. The second kappa shape index (κ2) is 20.0. The van der Waals surface area contributed by atoms with Gasteiger partial charge in [-0.2, -0.15) is 0 Å². The summed E-state index contributed by atoms with van der Waals surface area (Å²) in [5.41, 5.74) is 21.4. The molecule has 11 aromatic rings. The van der Waals surface area contributed by atoms with Crippen molar-refractivity contribution in [1.82, 2.24) is 14.5 Å². The van der Waals surface area contributed by atoms with E-state index in [9.17, 15) is 4.39 Å². The largest absolute Gasteiger partial charge is 0.501 e. The average Bonchev–Trinajstić information content (AvgIpc) is 4.06. The average molecular weight is 1170 g/mol. The molecule has 0 atom stereocenters. The summed E-state index contributed by atoms with van der Waals surface area (Å²) in [5, 5.41) is 2.15. The minimum Gasteiger partial charge on any atom is -0.501 e. The van der Waals surface area contributed by atoms with Gasteiger partial charge in [-0.15, -0.1) is 48.0 Å². The Bertz CT molecular complexity index is 3920. The number of para-hydroxylation sites is 2. The van der Waals surface area contributed by atoms with Gasteiger partial charge in [0.2, 0.25) is 0 Å². The quantitative estimate of drug-likeness (QED) is 0.149. The third-order valence-corrected chi connectivity index (χ3v) is 16.1. The van der Waals surface area contributed by atoms with Gasteiger partial charge in [-0.25, -0.2) is 0 Å². The van der Waals surface area contributed by atoms with Gasteiger partial charge < -0.3 is 14.0 Å². The Labute approximate surface area is 461 Å². The van der Waals surface area contributed by atoms with E-state index in [0.717, 1.165) is 66.7 Å². The number of hydrogen-bond donors (Lipinski definition) is 0. The molecule has 1 aliphatic rings. The molecule has 0 N–H and O–H groups in total. The zero-order valence-corrected chi connectivity index (χ0v) is 47.8. The number of furan rings is 1. The molecule has 76 heavy (non-hydrogen) atoms. The molecule has 6 heteroatoms. The van der Waals surface area contributed by atoms with E-state index in [4.69, 9.17) is 9.40 Å². The molecule has 0 saturated carbocycles. The van der Waals surface area contributed by atoms with E-state index in [-0.39, 0.29) is 54.0 Å². The second-order valence-electron chi connectivity index (χ2n) is 23.0. The van der Waals surface area contributed by atoms with E-state index < -0.39 is 0 Å². The van der Waals surface area contributed by atoms with Crippen LogP contribution in [0.3, 0.4) is 0 Å². The fourth-order valence-electron chi connectivity index (χ4n) is 11.1. The molecule has 0 spiro atoms. The van der Waals surface area contributed by atoms with Crippen LogP contribution in [-0.4, -0.2) is 14.5 Å². The standard InChI is InChI=1S/C55H49N2O.C15H15FN.Ir/c1-33(2)44-29-38(36-25-27-40-39-19-12-13-22-46(39)54(5,6)55(7,8)47(40)31-36)30-45(34(3)4)51(44)57-49-24-15-14-23-48(49)56-53(57)43-21-16-20-42-41-28-26-37(32-50(41)58-52(42)43)35-17-10-9-11-18-35;1-15(2,3)12-8-9-17-14(10-12)11-4-6-13(16)7-5-11;/h9-20,22-34H,1-8H3;4,6-10H,1-3H3;/q2*-1;. The van der Waals surface area contributed by atoms with Crippen molar-refractivity contribution in [3.63, 3.8) is 0 Å². The van der Waals surface area contributed by atoms with Crippen LogP contribution >= 0.6 is 0 Å². The summed E-state index contributed by atoms with van der Waals surface area (Å²) in [6.07, 6.45) is 1.78. The maximum atomic E-state index is 12.8. The zero-order valence-electron chi connectivity index (χ0n) is 45.4. The number of fused-ring (bicyclic) bond motifs is 7. The van der Waals surface area contributed by atoms with Gasteiger partial charge in [-0.1, -0.05) is 184 Å². The molecule has 0 fully saturated rings. The summed E-state index contributed by atoms with van der Waals surface area (Å²) < 4.78 is 22.0. The van der Waals surface area contributed by atoms with Crippen molar-refractivity contribution >= 4 is 33.0 Å². The fourth-order valence-corrected chi connectivity index (χ4v) is 11.1. The Morgan fingerprint density at radius 3 is 1.97 bits per heavy atom. The van der Waals surface area contributed by atoms with Crippen LogP contribution in [0, 0.1) is 17.9 Å². The number of rotatable bonds is 7. The molecular formula is C70H64FIrN3O-2. The van der Waals surface area contributed by atoms with Crippen LogP contribution in [0.25, 0.3) is 94.7 Å². The van der Waals surface area contributed by atoms with Crippen molar-refractivity contribution in [2.75, 3.05) is 0 Å². The number of aromatic nitrogens is 3. The topological polar surface area (TPSA) is 43.9 Å². The number of benzene rings is 8. The molecule has 0 amide bonds. The summed E-state index contributed by atoms with van der Waals surface area (Å²) in [6.45, 7) is 25.4. The fraction of sp³-hybridized carbons (Fsp3) is 0.229. The summed E-state index contributed by atoms with van der Waals surface area (Å²) in [4.78, 5) is 9.69. The molecule has 3 heterocycles. The minimum atomic E-state index is -0.277. The molecule has 4 nitrogen and oxygen atoms in total. The van der Waals surface area contributed by atoms with E-state index in [0.29, 0.717) is 0 Å². The van der Waals surface area contributed by atoms with Crippen molar-refractivity contribution < 1.29 is 28.9 Å². The van der Waals surface area contributed by atoms with Gasteiger partial charge in [0.1, 0.15) is 5.58 Å². The number of nitrogens with zero attached hydrogens (tertiary/aromatic N) is 3. The van der Waals surface area contributed by atoms with Crippen LogP contribution in [0.1, 0.15) is 116 Å². The third kappa shape index (κ3) is 9.14. The minimum absolute atomic E-state index is 0. The third-order valence-electron chi connectivity index (χ3n) is 16.1. The van der Waals surface area contributed by atoms with Gasteiger partial charge >= 0.3 is 0 Å². The first-order valence-electron chi connectivity index (χ1n) is 26.4. The number of hydrogen-bond acceptors (Lipinski definition) is 3. The summed E-state index contributed by atoms with van der Waals surface area (Å²) in [5.74, 6) is 1.04. The Balaban J connectivity index is 0.000000311. The maximum absolute atomic E-state index is 12.8. The van der Waals surface area contributed by atoms with Gasteiger partial charge in [0.05, 0.1) is 22.4 Å². The van der Waals surface area contributed by atoms with Gasteiger partial charge in [0.25, 0.3) is 0 Å². The molecule has 383 valence electrons. The van der Waals surface area contributed by atoms with E-state index in [1.165, 1.54) is 67.9 Å². The molecule has 0 bridgehead atoms. The molecule has 0 saturated heterocycles. The molecule has 1 aliphatic carbocycles. The molecular weight excluding hydrogens is 1110 g/mol. The van der Waals surface area contributed by atoms with Crippen molar-refractivity contribution in [3.8, 4) is 61.7 Å². The van der Waals surface area contributed by atoms with Crippen LogP contribution in [0.2, 0.25) is 0 Å². The van der Waals surface area contributed by atoms with E-state index >= 15 is 0 Å². The monoisotopic (exact) mass is 1170 g/mol. The Morgan fingerprint density at radius 2 is 1.26 bits per heavy atom. The Hall–Kier alpha value is -7.24. The normalized spacial score (nSPS) is 13.6. The molecule has 12 rings (SSSR count). The van der Waals surface area contributed by atoms with E-state index in [2.05, 4.69) is 231 Å². The van der Waals surface area contributed by atoms with Crippen LogP contribution in [0.4, 0.5) is 4.39 Å². The van der Waals surface area contributed by atoms with Crippen molar-refractivity contribution in [1.29, 1.82) is 0 Å². The van der Waals surface area contributed by atoms with Gasteiger partial charge in [-0.3, -0.25) is 9.37 Å². The molecule has 1 radical (unpaired) electrons. The first-order valence-corrected chi connectivity index (χ1v) is 26.4. The first-order chi connectivity index (χ1) is 35.9. The molecule has 8 aromatic carbocycles. The van der Waals surface area contributed by atoms with Crippen LogP contribution in [-0.2, 0) is 36.4 Å². The maximum Gasteiger partial charge on any atom is 0.121 e. The predicted octanol–water partition coefficient (Wildman–Crippen LogP) is 19.2. The zero-order chi connectivity index (χ0) is 52.6. The first kappa shape index (κ1) is 52.2. The summed E-state index contributed by atoms with van der Waals surface area (Å²) in [6, 6.07) is 65.7. The van der Waals surface area contributed by atoms with Crippen LogP contribution in [0.5, 0.6) is 0 Å². The molecule has 0 aliphatic heterocycles. The smallest absolute Gasteiger partial charge is 0.121 e. The van der Waals surface area contributed by atoms with Gasteiger partial charge in [0.15, 0.2) is 0 Å². The second-order valence-corrected chi connectivity index (χ2v) is 23.0. The van der Waals surface area contributed by atoms with Gasteiger partial charge in [-0.05, 0) is 137 Å². The van der Waals surface area contributed by atoms with E-state index in [1.807, 2.05) is 18.2 Å². The summed E-state index contributed by atoms with van der Waals surface area (Å²) >= 11 is 0. The SMILES string of the molecule is CC(C)(C)c1ccnc(-c2[c-]cc(F)cc2)c1.CC(C)c1cc(-c2ccc3c(c2)C(C)(C)C(C)(C)c2ccccc2-3)cc(C(C)C)c1-n1c(-c2[c-]ccc3c2oc2cc(-c4ccccc4)ccc23)nc2ccccc21.[Ir]. The molecule has 3 aromatic heterocycles. The van der Waals surface area contributed by atoms with Crippen LogP contribution in [0.15, 0.2) is 180 Å². The number of pyridine rings is 1. The van der Waals surface area contributed by atoms with Crippen molar-refractivity contribution in [2.45, 2.75) is 104 Å². The Morgan fingerprint density at radius 1 is 0.605 bits per heavy atom. The number of halogens is 1. The predicted molar refractivity (Wildman–Crippen MR) is 310 cm³/mol. The van der Waals surface area contributed by atoms with Crippen molar-refractivity contribution in [2.24, 2.45) is 0 Å². The number of imidazole rings is 1. The summed E-state index contributed by atoms with van der Waals surface area (Å²) in [7, 11) is 0. The van der Waals surface area contributed by atoms with E-state index in [1.54, 1.807) is 12.3 Å². The Kier molecular flexibility index (Phi) is 13.8. The van der Waals surface area contributed by atoms with Crippen molar-refractivity contribution in [3.05, 3.63) is 222 Å². The van der Waals surface area contributed by atoms with Crippen LogP contribution < -0.4 is 0 Å². The van der Waals surface area contributed by atoms with Gasteiger partial charge in [0, 0.05) is 43.2 Å².